The summed E-state index contributed by atoms with van der Waals surface area (Å²) in [7, 11) is 0. The Morgan fingerprint density at radius 3 is 1.86 bits per heavy atom. The van der Waals surface area contributed by atoms with E-state index >= 15 is 0 Å². The monoisotopic (exact) mass is 211 g/mol. The van der Waals surface area contributed by atoms with Crippen LogP contribution in [0.2, 0.25) is 0 Å². The predicted molar refractivity (Wildman–Crippen MR) is 42.0 cm³/mol. The number of rotatable bonds is 0. The van der Waals surface area contributed by atoms with Gasteiger partial charge in [-0.2, -0.15) is 0 Å². The Morgan fingerprint density at radius 2 is 1.86 bits per heavy atom. The lowest BCUT2D eigenvalue weighted by Gasteiger charge is -2.07. The van der Waals surface area contributed by atoms with Crippen LogP contribution in [0, 0.1) is 5.41 Å². The third kappa shape index (κ3) is 6.40. The third-order valence-electron chi connectivity index (χ3n) is 0.436. The molecule has 0 rings (SSSR count). The second-order valence-electron chi connectivity index (χ2n) is 2.59. The normalized spacial score (nSPS) is 13.1. The molecule has 0 bridgehead atoms. The Bertz CT molecular complexity index is 70.6. The molecule has 0 amide bonds. The van der Waals surface area contributed by atoms with E-state index in [1.54, 1.807) is 0 Å². The van der Waals surface area contributed by atoms with Gasteiger partial charge in [-0.1, -0.05) is 20.8 Å². The molecule has 0 saturated carbocycles. The highest BCUT2D eigenvalue weighted by molar-refractivity contribution is 14.1. The Balaban J connectivity index is 3.56. The first-order chi connectivity index (χ1) is 3.06. The van der Waals surface area contributed by atoms with Gasteiger partial charge in [-0.05, 0) is 5.41 Å². The highest BCUT2D eigenvalue weighted by Gasteiger charge is 2.03. The minimum absolute atomic E-state index is 0.251. The lowest BCUT2D eigenvalue weighted by Crippen LogP contribution is -2.04. The summed E-state index contributed by atoms with van der Waals surface area (Å²) >= 11 is 1.98. The zero-order valence-corrected chi connectivity index (χ0v) is 7.06. The summed E-state index contributed by atoms with van der Waals surface area (Å²) in [6.45, 7) is 6.36. The fourth-order valence-corrected chi connectivity index (χ4v) is 0.982. The maximum Gasteiger partial charge on any atom is 0.0827 e. The average Bonchev–Trinajstić information content (AvgIpc) is 1.30. The van der Waals surface area contributed by atoms with E-state index < -0.39 is 0 Å². The van der Waals surface area contributed by atoms with Crippen LogP contribution < -0.4 is 0 Å². The molecule has 0 aromatic rings. The van der Waals surface area contributed by atoms with Gasteiger partial charge in [0.1, 0.15) is 0 Å². The molecular formula is C5H10IN. The second-order valence-corrected chi connectivity index (χ2v) is 3.15. The fraction of sp³-hybridized carbons (Fsp3) is 0.800. The molecule has 7 heavy (non-hydrogen) atoms. The minimum Gasteiger partial charge on any atom is -0.227 e. The molecule has 0 saturated heterocycles. The van der Waals surface area contributed by atoms with Crippen molar-refractivity contribution >= 4 is 29.1 Å². The largest absolute Gasteiger partial charge is 0.227 e. The van der Waals surface area contributed by atoms with Crippen molar-refractivity contribution in [1.29, 1.82) is 0 Å². The first-order valence-corrected chi connectivity index (χ1v) is 3.18. The molecule has 0 aromatic heterocycles. The quantitative estimate of drug-likeness (QED) is 0.431. The van der Waals surface area contributed by atoms with E-state index in [-0.39, 0.29) is 5.41 Å². The molecule has 1 nitrogen and oxygen atoms in total. The molecule has 0 aliphatic carbocycles. The van der Waals surface area contributed by atoms with E-state index in [1.807, 2.05) is 29.1 Å². The van der Waals surface area contributed by atoms with Gasteiger partial charge in [0.15, 0.2) is 0 Å². The second kappa shape index (κ2) is 2.64. The summed E-state index contributed by atoms with van der Waals surface area (Å²) in [6, 6.07) is 0. The topological polar surface area (TPSA) is 12.4 Å². The Labute approximate surface area is 58.7 Å². The highest BCUT2D eigenvalue weighted by Crippen LogP contribution is 2.08. The average molecular weight is 211 g/mol. The summed E-state index contributed by atoms with van der Waals surface area (Å²) in [4.78, 5) is 0. The van der Waals surface area contributed by atoms with Gasteiger partial charge < -0.3 is 0 Å². The lowest BCUT2D eigenvalue weighted by molar-refractivity contribution is 0.609. The molecule has 0 N–H and O–H groups in total. The van der Waals surface area contributed by atoms with Crippen LogP contribution in [0.4, 0.5) is 0 Å². The number of halogens is 1. The fourth-order valence-electron chi connectivity index (χ4n) is 0.146. The van der Waals surface area contributed by atoms with E-state index in [9.17, 15) is 0 Å². The van der Waals surface area contributed by atoms with Gasteiger partial charge in [0.25, 0.3) is 0 Å². The van der Waals surface area contributed by atoms with E-state index in [1.165, 1.54) is 0 Å². The number of hydrogen-bond acceptors (Lipinski definition) is 1. The van der Waals surface area contributed by atoms with Crippen molar-refractivity contribution in [2.24, 2.45) is 8.62 Å². The molecule has 0 aliphatic heterocycles. The van der Waals surface area contributed by atoms with Crippen LogP contribution in [-0.4, -0.2) is 6.21 Å². The van der Waals surface area contributed by atoms with Crippen LogP contribution in [0.1, 0.15) is 20.8 Å². The molecule has 0 spiro atoms. The summed E-state index contributed by atoms with van der Waals surface area (Å²) < 4.78 is 3.85. The lowest BCUT2D eigenvalue weighted by atomic mass is 10.00. The summed E-state index contributed by atoms with van der Waals surface area (Å²) in [5.41, 5.74) is 0.251. The first-order valence-electron chi connectivity index (χ1n) is 2.22. The van der Waals surface area contributed by atoms with Crippen molar-refractivity contribution in [1.82, 2.24) is 0 Å². The van der Waals surface area contributed by atoms with Crippen molar-refractivity contribution in [3.8, 4) is 0 Å². The Kier molecular flexibility index (Phi) is 2.80. The molecule has 0 aromatic carbocycles. The molecule has 0 unspecified atom stereocenters. The summed E-state index contributed by atoms with van der Waals surface area (Å²) in [6.07, 6.45) is 1.92. The van der Waals surface area contributed by atoms with Crippen LogP contribution >= 0.6 is 22.9 Å². The molecule has 2 heteroatoms. The van der Waals surface area contributed by atoms with Gasteiger partial charge in [-0.3, -0.25) is 0 Å². The van der Waals surface area contributed by atoms with Crippen LogP contribution in [0.3, 0.4) is 0 Å². The van der Waals surface area contributed by atoms with Crippen LogP contribution in [0.5, 0.6) is 0 Å². The number of nitrogens with zero attached hydrogens (tertiary/aromatic N) is 1. The van der Waals surface area contributed by atoms with Gasteiger partial charge in [0.05, 0.1) is 22.9 Å². The molecule has 0 fully saturated rings. The molecule has 0 radical (unpaired) electrons. The van der Waals surface area contributed by atoms with Gasteiger partial charge in [-0.25, -0.2) is 3.21 Å². The van der Waals surface area contributed by atoms with Crippen LogP contribution in [0.25, 0.3) is 0 Å². The first kappa shape index (κ1) is 7.40. The van der Waals surface area contributed by atoms with Gasteiger partial charge in [0.2, 0.25) is 0 Å². The van der Waals surface area contributed by atoms with Crippen molar-refractivity contribution in [3.63, 3.8) is 0 Å². The maximum atomic E-state index is 3.85. The van der Waals surface area contributed by atoms with Crippen molar-refractivity contribution in [2.45, 2.75) is 20.8 Å². The molecule has 0 heterocycles. The summed E-state index contributed by atoms with van der Waals surface area (Å²) in [5.74, 6) is 0. The Morgan fingerprint density at radius 1 is 1.43 bits per heavy atom. The smallest absolute Gasteiger partial charge is 0.0827 e. The molecular weight excluding hydrogens is 201 g/mol. The Hall–Kier alpha value is 0.400. The zero-order chi connectivity index (χ0) is 5.91. The number of hydrogen-bond donors (Lipinski definition) is 0. The van der Waals surface area contributed by atoms with Gasteiger partial charge in [-0.15, -0.1) is 0 Å². The van der Waals surface area contributed by atoms with Gasteiger partial charge >= 0.3 is 0 Å². The van der Waals surface area contributed by atoms with Gasteiger partial charge in [0, 0.05) is 6.21 Å². The van der Waals surface area contributed by atoms with Crippen molar-refractivity contribution in [3.05, 3.63) is 0 Å². The van der Waals surface area contributed by atoms with Crippen LogP contribution in [0.15, 0.2) is 3.21 Å². The molecule has 0 aliphatic rings. The zero-order valence-electron chi connectivity index (χ0n) is 4.90. The van der Waals surface area contributed by atoms with Crippen molar-refractivity contribution < 1.29 is 0 Å². The minimum atomic E-state index is 0.251. The SMILES string of the molecule is CC(C)(C)/C=N/I. The highest BCUT2D eigenvalue weighted by atomic mass is 127. The molecule has 0 atom stereocenters. The van der Waals surface area contributed by atoms with E-state index in [2.05, 4.69) is 24.0 Å². The standard InChI is InChI=1S/C5H10IN/c1-5(2,3)4-7-6/h4H,1-3H3/b7-4+. The van der Waals surface area contributed by atoms with E-state index in [0.717, 1.165) is 0 Å². The summed E-state index contributed by atoms with van der Waals surface area (Å²) in [5, 5.41) is 0. The predicted octanol–water partition coefficient (Wildman–Crippen LogP) is 2.45. The van der Waals surface area contributed by atoms with Crippen molar-refractivity contribution in [2.75, 3.05) is 0 Å². The maximum absolute atomic E-state index is 3.85. The van der Waals surface area contributed by atoms with E-state index in [0.29, 0.717) is 0 Å². The van der Waals surface area contributed by atoms with E-state index in [4.69, 9.17) is 0 Å². The molecule has 42 valence electrons. The van der Waals surface area contributed by atoms with Crippen LogP contribution in [-0.2, 0) is 0 Å². The third-order valence-corrected chi connectivity index (χ3v) is 0.715.